The van der Waals surface area contributed by atoms with Gasteiger partial charge in [0.15, 0.2) is 18.4 Å². The maximum atomic E-state index is 11.4. The third-order valence-electron chi connectivity index (χ3n) is 17.2. The molecule has 0 radical (unpaired) electrons. The summed E-state index contributed by atoms with van der Waals surface area (Å²) in [6.07, 6.45) is 8.99. The highest BCUT2D eigenvalue weighted by molar-refractivity contribution is 6.37. The van der Waals surface area contributed by atoms with Crippen LogP contribution < -0.4 is 18.9 Å². The summed E-state index contributed by atoms with van der Waals surface area (Å²) < 4.78 is 37.4. The lowest BCUT2D eigenvalue weighted by Crippen LogP contribution is -2.02. The summed E-state index contributed by atoms with van der Waals surface area (Å²) in [6, 6.07) is 61.5. The van der Waals surface area contributed by atoms with Crippen molar-refractivity contribution in [1.82, 2.24) is 23.3 Å². The van der Waals surface area contributed by atoms with E-state index in [4.69, 9.17) is 137 Å². The molecule has 0 unspecified atom stereocenters. The number of ether oxygens (including phenoxy) is 4. The van der Waals surface area contributed by atoms with E-state index >= 15 is 0 Å². The first-order valence-corrected chi connectivity index (χ1v) is 36.7. The van der Waals surface area contributed by atoms with Gasteiger partial charge in [-0.3, -0.25) is 4.79 Å². The van der Waals surface area contributed by atoms with Gasteiger partial charge in [0.1, 0.15) is 49.4 Å². The second-order valence-corrected chi connectivity index (χ2v) is 27.4. The molecule has 0 amide bonds. The van der Waals surface area contributed by atoms with Crippen LogP contribution in [0.4, 0.5) is 0 Å². The number of fused-ring (bicyclic) bond motifs is 4. The zero-order chi connectivity index (χ0) is 75.1. The molecule has 8 aromatic carbocycles. The minimum atomic E-state index is -0.0490. The predicted octanol–water partition coefficient (Wildman–Crippen LogP) is 23.6. The molecule has 13 rings (SSSR count). The molecule has 0 saturated carbocycles. The van der Waals surface area contributed by atoms with Gasteiger partial charge in [0.25, 0.3) is 0 Å². The largest absolute Gasteiger partial charge is 0.489 e. The van der Waals surface area contributed by atoms with Gasteiger partial charge in [-0.05, 0) is 178 Å². The Morgan fingerprint density at radius 3 is 1.12 bits per heavy atom. The molecule has 540 valence electrons. The van der Waals surface area contributed by atoms with Crippen molar-refractivity contribution in [3.63, 3.8) is 0 Å². The lowest BCUT2D eigenvalue weighted by Gasteiger charge is -2.11. The number of unbranched alkanes of at least 4 members (excludes halogenated alkanes) is 4. The van der Waals surface area contributed by atoms with Gasteiger partial charge in [0.2, 0.25) is 0 Å². The molecule has 5 heterocycles. The van der Waals surface area contributed by atoms with Gasteiger partial charge in [0.05, 0.1) is 48.5 Å². The van der Waals surface area contributed by atoms with Crippen molar-refractivity contribution in [3.05, 3.63) is 262 Å². The summed E-state index contributed by atoms with van der Waals surface area (Å²) in [5.74, 6) is 3.54. The Morgan fingerprint density at radius 2 is 0.755 bits per heavy atom. The van der Waals surface area contributed by atoms with E-state index in [-0.39, 0.29) is 26.4 Å². The molecule has 0 atom stereocenters. The van der Waals surface area contributed by atoms with Crippen LogP contribution in [0.2, 0.25) is 40.2 Å². The third-order valence-corrected chi connectivity index (χ3v) is 20.1. The maximum Gasteiger partial charge on any atom is 0.181 e. The van der Waals surface area contributed by atoms with Crippen molar-refractivity contribution in [3.8, 4) is 58.7 Å². The number of carbonyl (C=O) groups is 1. The summed E-state index contributed by atoms with van der Waals surface area (Å²) >= 11 is 49.5. The lowest BCUT2D eigenvalue weighted by atomic mass is 10.2. The van der Waals surface area contributed by atoms with Crippen LogP contribution in [-0.2, 0) is 59.2 Å². The summed E-state index contributed by atoms with van der Waals surface area (Å²) in [5.41, 5.74) is 10.7. The van der Waals surface area contributed by atoms with E-state index in [9.17, 15) is 9.90 Å². The number of aromatic nitrogens is 5. The van der Waals surface area contributed by atoms with Crippen molar-refractivity contribution in [2.75, 3.05) is 0 Å². The minimum Gasteiger partial charge on any atom is -0.489 e. The summed E-state index contributed by atoms with van der Waals surface area (Å²) in [5, 5.41) is 53.3. The number of nitrogens with zero attached hydrogens (tertiary/aromatic N) is 9. The molecule has 0 aliphatic carbocycles. The fraction of sp³-hybridized carbons (Fsp3) is 0.220. The van der Waals surface area contributed by atoms with Crippen LogP contribution in [0.5, 0.6) is 23.0 Å². The van der Waals surface area contributed by atoms with E-state index in [0.29, 0.717) is 127 Å². The molecule has 16 nitrogen and oxygen atoms in total. The monoisotopic (exact) mass is 1570 g/mol. The number of nitriles is 4. The molecule has 0 fully saturated rings. The Morgan fingerprint density at radius 1 is 0.425 bits per heavy atom. The average molecular weight is 1580 g/mol. The number of hydrogen-bond donors (Lipinski definition) is 1. The van der Waals surface area contributed by atoms with E-state index in [1.54, 1.807) is 72.9 Å². The molecule has 0 saturated heterocycles. The zero-order valence-corrected chi connectivity index (χ0v) is 63.4. The van der Waals surface area contributed by atoms with Gasteiger partial charge >= 0.3 is 0 Å². The fourth-order valence-electron chi connectivity index (χ4n) is 12.0. The van der Waals surface area contributed by atoms with Gasteiger partial charge in [-0.1, -0.05) is 117 Å². The number of aldehydes is 1. The number of oxazole rings is 1. The highest BCUT2D eigenvalue weighted by Gasteiger charge is 2.18. The van der Waals surface area contributed by atoms with Gasteiger partial charge in [0, 0.05) is 169 Å². The van der Waals surface area contributed by atoms with Crippen LogP contribution in [0.15, 0.2) is 187 Å². The standard InChI is InChI=1S/C22H17Cl2N3O2.C20H18Cl2N2O2.C20H16Cl2N2O2.C20H18Cl2N2O/c23-18-4-3-5-19(24)17(18)13-28-16-6-7-20-15(10-16)11-21(22-12-26-14-29-22)27(20)9-2-1-8-25;2*21-18-4-3-5-19(22)17(18)13-26-16-6-7-20-14(11-16)10-15(12-25)24(20)9-2-1-8-23;1-14-11-15-12-16(7-8-20(15)24(14)10-3-2-9-23)25-13-17-18(21)5-4-6-19(17)22/h3-7,10-12,14H,1-2,9,13H2;3-7,10-11,25H,1-2,9,12-13H2;3-7,10-12H,1-2,9,13H2;4-8,11-12H,2-3,10,13H2,1H3. The summed E-state index contributed by atoms with van der Waals surface area (Å²) in [7, 11) is 0. The first-order valence-electron chi connectivity index (χ1n) is 33.7. The number of halogens is 8. The molecule has 24 heteroatoms. The number of aliphatic hydroxyl groups excluding tert-OH is 1. The van der Waals surface area contributed by atoms with E-state index in [1.165, 1.54) is 12.1 Å². The number of aryl methyl sites for hydroxylation is 5. The number of carbonyl (C=O) groups excluding carboxylic acids is 1. The summed E-state index contributed by atoms with van der Waals surface area (Å²) in [6.45, 7) is 6.05. The van der Waals surface area contributed by atoms with E-state index in [1.807, 2.05) is 100 Å². The molecule has 5 aromatic heterocycles. The highest BCUT2D eigenvalue weighted by atomic mass is 35.5. The van der Waals surface area contributed by atoms with Crippen molar-refractivity contribution >= 4 is 143 Å². The van der Waals surface area contributed by atoms with Crippen LogP contribution in [0, 0.1) is 52.2 Å². The Kier molecular flexibility index (Phi) is 29.0. The lowest BCUT2D eigenvalue weighted by molar-refractivity contribution is 0.111. The van der Waals surface area contributed by atoms with Gasteiger partial charge in [-0.15, -0.1) is 0 Å². The minimum absolute atomic E-state index is 0.0490. The molecule has 0 aliphatic rings. The second-order valence-electron chi connectivity index (χ2n) is 24.2. The van der Waals surface area contributed by atoms with Crippen molar-refractivity contribution in [1.29, 1.82) is 21.0 Å². The molecule has 1 N–H and O–H groups in total. The average Bonchev–Trinajstić information content (AvgIpc) is 1.66. The fourth-order valence-corrected chi connectivity index (χ4v) is 14.0. The number of hydrogen-bond acceptors (Lipinski definition) is 12. The van der Waals surface area contributed by atoms with Crippen molar-refractivity contribution in [2.24, 2.45) is 0 Å². The van der Waals surface area contributed by atoms with E-state index < -0.39 is 0 Å². The number of rotatable bonds is 27. The van der Waals surface area contributed by atoms with Crippen LogP contribution in [-0.4, -0.2) is 34.6 Å². The SMILES string of the molecule is Cc1cc2cc(OCc3c(Cl)cccc3Cl)ccc2n1CCCC#N.N#CCCCn1c(-c2cnco2)cc2cc(OCc3c(Cl)cccc3Cl)ccc21.N#CCCCn1c(C=O)cc2cc(OCc3c(Cl)cccc3Cl)ccc21.N#CCCCn1c(CO)cc2cc(OCc3c(Cl)cccc3Cl)ccc21. The Hall–Kier alpha value is -9.76. The van der Waals surface area contributed by atoms with Crippen LogP contribution in [0.1, 0.15) is 95.5 Å². The first-order chi connectivity index (χ1) is 51.5. The molecule has 13 aromatic rings. The predicted molar refractivity (Wildman–Crippen MR) is 422 cm³/mol. The highest BCUT2D eigenvalue weighted by Crippen LogP contribution is 2.36. The Labute approximate surface area is 653 Å². The molecular weight excluding hydrogens is 1510 g/mol. The van der Waals surface area contributed by atoms with E-state index in [0.717, 1.165) is 115 Å². The Bertz CT molecular complexity index is 5310. The van der Waals surface area contributed by atoms with Crippen molar-refractivity contribution < 1.29 is 33.3 Å². The Balaban J connectivity index is 0.000000151. The summed E-state index contributed by atoms with van der Waals surface area (Å²) in [4.78, 5) is 15.4. The van der Waals surface area contributed by atoms with Crippen LogP contribution in [0.3, 0.4) is 0 Å². The zero-order valence-electron chi connectivity index (χ0n) is 57.4. The molecule has 0 bridgehead atoms. The van der Waals surface area contributed by atoms with Gasteiger partial charge in [-0.25, -0.2) is 4.98 Å². The molecular formula is C82H69Cl8N9O7. The van der Waals surface area contributed by atoms with Gasteiger partial charge in [-0.2, -0.15) is 21.0 Å². The van der Waals surface area contributed by atoms with Crippen LogP contribution in [0.25, 0.3) is 55.1 Å². The smallest absolute Gasteiger partial charge is 0.181 e. The van der Waals surface area contributed by atoms with Crippen molar-refractivity contribution in [2.45, 2.75) is 118 Å². The molecule has 0 spiro atoms. The number of benzene rings is 8. The molecule has 0 aliphatic heterocycles. The second kappa shape index (κ2) is 39.0. The van der Waals surface area contributed by atoms with Gasteiger partial charge < -0.3 is 46.7 Å². The van der Waals surface area contributed by atoms with Crippen LogP contribution >= 0.6 is 92.8 Å². The topological polar surface area (TPSA) is 215 Å². The third kappa shape index (κ3) is 20.2. The molecule has 106 heavy (non-hydrogen) atoms. The number of aliphatic hydroxyl groups is 1. The maximum absolute atomic E-state index is 11.4. The van der Waals surface area contributed by atoms with E-state index in [2.05, 4.69) is 57.5 Å². The first kappa shape index (κ1) is 78.8. The quantitative estimate of drug-likeness (QED) is 0.0376. The normalized spacial score (nSPS) is 10.8.